The van der Waals surface area contributed by atoms with Gasteiger partial charge in [0.05, 0.1) is 18.0 Å². The lowest BCUT2D eigenvalue weighted by atomic mass is 10.2. The average molecular weight is 324 g/mol. The zero-order valence-electron chi connectivity index (χ0n) is 14.1. The Balaban J connectivity index is 1.78. The smallest absolute Gasteiger partial charge is 0.150 e. The maximum Gasteiger partial charge on any atom is 0.150 e. The van der Waals surface area contributed by atoms with Gasteiger partial charge < -0.3 is 4.74 Å². The minimum atomic E-state index is 0.630. The number of unbranched alkanes of at least 4 members (excludes halogenated alkanes) is 4. The summed E-state index contributed by atoms with van der Waals surface area (Å²) < 4.78 is 5.72. The standard InChI is InChI=1S/C20H24N2O2/c1-2-3-4-5-6-15-24-20-13-11-19(12-14-20)22-21-18-9-7-17(16-23)8-10-18/h7-14,16H,2-6,15H2,1H3. The molecule has 0 unspecified atom stereocenters. The number of carbonyl (C=O) groups excluding carboxylic acids is 1. The number of hydrogen-bond donors (Lipinski definition) is 0. The third kappa shape index (κ3) is 6.32. The van der Waals surface area contributed by atoms with E-state index >= 15 is 0 Å². The van der Waals surface area contributed by atoms with Crippen LogP contribution in [0.4, 0.5) is 11.4 Å². The number of ether oxygens (including phenoxy) is 1. The van der Waals surface area contributed by atoms with Crippen LogP contribution in [0.25, 0.3) is 0 Å². The molecule has 0 saturated carbocycles. The highest BCUT2D eigenvalue weighted by molar-refractivity contribution is 5.75. The molecule has 0 aliphatic carbocycles. The van der Waals surface area contributed by atoms with E-state index in [4.69, 9.17) is 4.74 Å². The summed E-state index contributed by atoms with van der Waals surface area (Å²) in [6, 6.07) is 14.6. The van der Waals surface area contributed by atoms with Gasteiger partial charge in [0.25, 0.3) is 0 Å². The van der Waals surface area contributed by atoms with E-state index in [1.54, 1.807) is 24.3 Å². The van der Waals surface area contributed by atoms with E-state index in [1.165, 1.54) is 25.7 Å². The van der Waals surface area contributed by atoms with Crippen molar-refractivity contribution in [1.82, 2.24) is 0 Å². The molecule has 2 rings (SSSR count). The second kappa shape index (κ2) is 10.3. The largest absolute Gasteiger partial charge is 0.494 e. The Hall–Kier alpha value is -2.49. The van der Waals surface area contributed by atoms with Gasteiger partial charge in [-0.2, -0.15) is 10.2 Å². The molecule has 0 aliphatic rings. The molecule has 0 aliphatic heterocycles. The lowest BCUT2D eigenvalue weighted by Crippen LogP contribution is -1.96. The minimum absolute atomic E-state index is 0.630. The second-order valence-electron chi connectivity index (χ2n) is 5.67. The Morgan fingerprint density at radius 1 is 0.833 bits per heavy atom. The van der Waals surface area contributed by atoms with Crippen LogP contribution in [0.1, 0.15) is 49.4 Å². The molecule has 4 nitrogen and oxygen atoms in total. The Labute approximate surface area is 143 Å². The highest BCUT2D eigenvalue weighted by Crippen LogP contribution is 2.21. The van der Waals surface area contributed by atoms with Crippen LogP contribution in [0.2, 0.25) is 0 Å². The fourth-order valence-corrected chi connectivity index (χ4v) is 2.24. The maximum atomic E-state index is 10.6. The molecule has 0 heterocycles. The highest BCUT2D eigenvalue weighted by Gasteiger charge is 1.96. The van der Waals surface area contributed by atoms with Gasteiger partial charge in [-0.25, -0.2) is 0 Å². The fourth-order valence-electron chi connectivity index (χ4n) is 2.24. The Kier molecular flexibility index (Phi) is 7.68. The van der Waals surface area contributed by atoms with Crippen molar-refractivity contribution in [1.29, 1.82) is 0 Å². The van der Waals surface area contributed by atoms with Gasteiger partial charge >= 0.3 is 0 Å². The lowest BCUT2D eigenvalue weighted by molar-refractivity contribution is 0.112. The van der Waals surface area contributed by atoms with Crippen molar-refractivity contribution in [3.05, 3.63) is 54.1 Å². The summed E-state index contributed by atoms with van der Waals surface area (Å²) in [7, 11) is 0. The van der Waals surface area contributed by atoms with Crippen LogP contribution in [0, 0.1) is 0 Å². The zero-order valence-corrected chi connectivity index (χ0v) is 14.1. The first-order chi connectivity index (χ1) is 11.8. The molecule has 0 aromatic heterocycles. The van der Waals surface area contributed by atoms with E-state index < -0.39 is 0 Å². The van der Waals surface area contributed by atoms with Crippen LogP contribution in [0.3, 0.4) is 0 Å². The van der Waals surface area contributed by atoms with Crippen molar-refractivity contribution >= 4 is 17.7 Å². The Morgan fingerprint density at radius 2 is 1.42 bits per heavy atom. The molecule has 0 saturated heterocycles. The van der Waals surface area contributed by atoms with Crippen LogP contribution < -0.4 is 4.74 Å². The summed E-state index contributed by atoms with van der Waals surface area (Å²) in [5.74, 6) is 0.861. The van der Waals surface area contributed by atoms with Crippen molar-refractivity contribution in [3.8, 4) is 5.75 Å². The van der Waals surface area contributed by atoms with Gasteiger partial charge in [0.1, 0.15) is 12.0 Å². The third-order valence-corrected chi connectivity index (χ3v) is 3.66. The summed E-state index contributed by atoms with van der Waals surface area (Å²) in [5, 5.41) is 8.34. The molecule has 2 aromatic carbocycles. The first-order valence-electron chi connectivity index (χ1n) is 8.51. The van der Waals surface area contributed by atoms with Gasteiger partial charge in [-0.05, 0) is 55.0 Å². The van der Waals surface area contributed by atoms with E-state index in [-0.39, 0.29) is 0 Å². The predicted molar refractivity (Wildman–Crippen MR) is 96.7 cm³/mol. The average Bonchev–Trinajstić information content (AvgIpc) is 2.64. The van der Waals surface area contributed by atoms with Gasteiger partial charge in [0, 0.05) is 5.56 Å². The van der Waals surface area contributed by atoms with Gasteiger partial charge in [-0.1, -0.05) is 32.6 Å². The van der Waals surface area contributed by atoms with E-state index in [1.807, 2.05) is 24.3 Å². The number of rotatable bonds is 10. The lowest BCUT2D eigenvalue weighted by Gasteiger charge is -2.05. The number of aldehydes is 1. The molecular formula is C20H24N2O2. The van der Waals surface area contributed by atoms with Crippen LogP contribution in [0.15, 0.2) is 58.8 Å². The van der Waals surface area contributed by atoms with Gasteiger partial charge in [0.2, 0.25) is 0 Å². The van der Waals surface area contributed by atoms with E-state index in [2.05, 4.69) is 17.2 Å². The van der Waals surface area contributed by atoms with Crippen LogP contribution >= 0.6 is 0 Å². The van der Waals surface area contributed by atoms with Crippen LogP contribution in [-0.2, 0) is 0 Å². The van der Waals surface area contributed by atoms with E-state index in [0.717, 1.165) is 30.8 Å². The molecule has 4 heteroatoms. The number of nitrogens with zero attached hydrogens (tertiary/aromatic N) is 2. The number of azo groups is 1. The van der Waals surface area contributed by atoms with Crippen LogP contribution in [0.5, 0.6) is 5.75 Å². The van der Waals surface area contributed by atoms with E-state index in [9.17, 15) is 4.79 Å². The maximum absolute atomic E-state index is 10.6. The topological polar surface area (TPSA) is 51.0 Å². The zero-order chi connectivity index (χ0) is 17.0. The fraction of sp³-hybridized carbons (Fsp3) is 0.350. The highest BCUT2D eigenvalue weighted by atomic mass is 16.5. The molecule has 0 radical (unpaired) electrons. The molecule has 0 N–H and O–H groups in total. The molecule has 24 heavy (non-hydrogen) atoms. The normalized spacial score (nSPS) is 10.9. The molecular weight excluding hydrogens is 300 g/mol. The van der Waals surface area contributed by atoms with Crippen molar-refractivity contribution in [2.24, 2.45) is 10.2 Å². The summed E-state index contributed by atoms with van der Waals surface area (Å²) in [6.07, 6.45) is 6.98. The van der Waals surface area contributed by atoms with Crippen molar-refractivity contribution < 1.29 is 9.53 Å². The number of carbonyl (C=O) groups is 1. The minimum Gasteiger partial charge on any atom is -0.494 e. The summed E-state index contributed by atoms with van der Waals surface area (Å²) >= 11 is 0. The molecule has 126 valence electrons. The number of benzene rings is 2. The predicted octanol–water partition coefficient (Wildman–Crippen LogP) is 6.26. The summed E-state index contributed by atoms with van der Waals surface area (Å²) in [4.78, 5) is 10.6. The number of hydrogen-bond acceptors (Lipinski definition) is 4. The molecule has 2 aromatic rings. The first-order valence-corrected chi connectivity index (χ1v) is 8.51. The molecule has 0 fully saturated rings. The van der Waals surface area contributed by atoms with Gasteiger partial charge in [0.15, 0.2) is 0 Å². The molecule has 0 bridgehead atoms. The third-order valence-electron chi connectivity index (χ3n) is 3.66. The SMILES string of the molecule is CCCCCCCOc1ccc(N=Nc2ccc(C=O)cc2)cc1. The van der Waals surface area contributed by atoms with Crippen molar-refractivity contribution in [3.63, 3.8) is 0 Å². The van der Waals surface area contributed by atoms with Gasteiger partial charge in [-0.15, -0.1) is 0 Å². The Morgan fingerprint density at radius 3 is 2.00 bits per heavy atom. The van der Waals surface area contributed by atoms with Crippen LogP contribution in [-0.4, -0.2) is 12.9 Å². The molecule has 0 atom stereocenters. The summed E-state index contributed by atoms with van der Waals surface area (Å²) in [5.41, 5.74) is 2.11. The van der Waals surface area contributed by atoms with Crippen molar-refractivity contribution in [2.75, 3.05) is 6.61 Å². The monoisotopic (exact) mass is 324 g/mol. The van der Waals surface area contributed by atoms with Crippen molar-refractivity contribution in [2.45, 2.75) is 39.0 Å². The molecule has 0 spiro atoms. The first kappa shape index (κ1) is 17.9. The molecule has 0 amide bonds. The van der Waals surface area contributed by atoms with Gasteiger partial charge in [-0.3, -0.25) is 4.79 Å². The quantitative estimate of drug-likeness (QED) is 0.294. The second-order valence-corrected chi connectivity index (χ2v) is 5.67. The summed E-state index contributed by atoms with van der Waals surface area (Å²) in [6.45, 7) is 2.98. The Bertz CT molecular complexity index is 634. The van der Waals surface area contributed by atoms with E-state index in [0.29, 0.717) is 11.3 Å².